The Balaban J connectivity index is 2.33. The fraction of sp³-hybridized carbons (Fsp3) is 0.286. The van der Waals surface area contributed by atoms with E-state index < -0.39 is 5.97 Å². The number of aryl methyl sites for hydroxylation is 2. The first-order valence-electron chi connectivity index (χ1n) is 5.84. The Morgan fingerprint density at radius 3 is 2.33 bits per heavy atom. The number of aliphatic carboxylic acids is 1. The van der Waals surface area contributed by atoms with Crippen molar-refractivity contribution < 1.29 is 14.7 Å². The molecule has 1 aliphatic carbocycles. The molecule has 1 aliphatic rings. The number of halogens is 1. The van der Waals surface area contributed by atoms with Crippen LogP contribution in [0.15, 0.2) is 28.8 Å². The smallest absolute Gasteiger partial charge is 0.328 e. The van der Waals surface area contributed by atoms with Crippen molar-refractivity contribution in [1.82, 2.24) is 0 Å². The van der Waals surface area contributed by atoms with Gasteiger partial charge in [0, 0.05) is 16.1 Å². The van der Waals surface area contributed by atoms with Crippen LogP contribution < -0.4 is 0 Å². The molecule has 0 bridgehead atoms. The Kier molecular flexibility index (Phi) is 3.97. The van der Waals surface area contributed by atoms with E-state index in [0.29, 0.717) is 5.56 Å². The molecule has 0 amide bonds. The maximum Gasteiger partial charge on any atom is 0.328 e. The summed E-state index contributed by atoms with van der Waals surface area (Å²) in [4.78, 5) is 22.3. The van der Waals surface area contributed by atoms with Gasteiger partial charge in [-0.1, -0.05) is 15.9 Å². The van der Waals surface area contributed by atoms with Crippen LogP contribution in [0.1, 0.15) is 34.3 Å². The Hall–Kier alpha value is -1.42. The molecule has 1 N–H and O–H groups in total. The number of hydrogen-bond acceptors (Lipinski definition) is 2. The lowest BCUT2D eigenvalue weighted by Crippen LogP contribution is -2.06. The standard InChI is InChI=1S/C14H13BrO3/c15-12-8-10-4-2-1-3-9(10)7-11(12)13(16)5-6-14(17)18/h5-8H,1-4H2,(H,17,18)/b6-5+. The highest BCUT2D eigenvalue weighted by molar-refractivity contribution is 9.10. The molecule has 0 saturated carbocycles. The van der Waals surface area contributed by atoms with Crippen molar-refractivity contribution in [2.45, 2.75) is 25.7 Å². The predicted octanol–water partition coefficient (Wildman–Crippen LogP) is 3.15. The van der Waals surface area contributed by atoms with Crippen molar-refractivity contribution in [1.29, 1.82) is 0 Å². The van der Waals surface area contributed by atoms with E-state index in [1.165, 1.54) is 17.5 Å². The average molecular weight is 309 g/mol. The monoisotopic (exact) mass is 308 g/mol. The summed E-state index contributed by atoms with van der Waals surface area (Å²) in [6, 6.07) is 3.86. The van der Waals surface area contributed by atoms with Crippen LogP contribution >= 0.6 is 15.9 Å². The van der Waals surface area contributed by atoms with Gasteiger partial charge in [-0.25, -0.2) is 4.79 Å². The van der Waals surface area contributed by atoms with E-state index >= 15 is 0 Å². The zero-order valence-electron chi connectivity index (χ0n) is 9.78. The first-order valence-corrected chi connectivity index (χ1v) is 6.64. The third-order valence-electron chi connectivity index (χ3n) is 3.07. The van der Waals surface area contributed by atoms with Gasteiger partial charge >= 0.3 is 5.97 Å². The van der Waals surface area contributed by atoms with Gasteiger partial charge in [-0.2, -0.15) is 0 Å². The zero-order chi connectivity index (χ0) is 13.1. The van der Waals surface area contributed by atoms with E-state index in [9.17, 15) is 9.59 Å². The minimum Gasteiger partial charge on any atom is -0.478 e. The van der Waals surface area contributed by atoms with Crippen LogP contribution in [0, 0.1) is 0 Å². The largest absolute Gasteiger partial charge is 0.478 e. The van der Waals surface area contributed by atoms with Gasteiger partial charge in [-0.15, -0.1) is 0 Å². The number of ketones is 1. The van der Waals surface area contributed by atoms with Crippen LogP contribution in [0.4, 0.5) is 0 Å². The van der Waals surface area contributed by atoms with Crippen molar-refractivity contribution in [2.75, 3.05) is 0 Å². The summed E-state index contributed by atoms with van der Waals surface area (Å²) in [7, 11) is 0. The number of carboxylic acids is 1. The van der Waals surface area contributed by atoms with Crippen LogP contribution in [0.3, 0.4) is 0 Å². The molecule has 0 fully saturated rings. The Bertz CT molecular complexity index is 532. The van der Waals surface area contributed by atoms with E-state index in [2.05, 4.69) is 15.9 Å². The molecular weight excluding hydrogens is 296 g/mol. The molecule has 2 rings (SSSR count). The van der Waals surface area contributed by atoms with Gasteiger partial charge in [0.15, 0.2) is 5.78 Å². The average Bonchev–Trinajstić information content (AvgIpc) is 2.35. The lowest BCUT2D eigenvalue weighted by Gasteiger charge is -2.17. The molecule has 4 heteroatoms. The summed E-state index contributed by atoms with van der Waals surface area (Å²) in [6.45, 7) is 0. The lowest BCUT2D eigenvalue weighted by molar-refractivity contribution is -0.131. The van der Waals surface area contributed by atoms with E-state index in [1.54, 1.807) is 0 Å². The van der Waals surface area contributed by atoms with Crippen LogP contribution in [0.5, 0.6) is 0 Å². The molecule has 1 aromatic rings. The number of allylic oxidation sites excluding steroid dienone is 1. The molecule has 18 heavy (non-hydrogen) atoms. The van der Waals surface area contributed by atoms with Gasteiger partial charge in [0.25, 0.3) is 0 Å². The lowest BCUT2D eigenvalue weighted by atomic mass is 9.90. The van der Waals surface area contributed by atoms with Crippen LogP contribution in [-0.2, 0) is 17.6 Å². The minimum absolute atomic E-state index is 0.280. The fourth-order valence-corrected chi connectivity index (χ4v) is 2.77. The number of carbonyl (C=O) groups is 2. The van der Waals surface area contributed by atoms with Crippen LogP contribution in [0.2, 0.25) is 0 Å². The third kappa shape index (κ3) is 2.88. The quantitative estimate of drug-likeness (QED) is 0.689. The number of carboxylic acid groups (broad SMARTS) is 1. The fourth-order valence-electron chi connectivity index (χ4n) is 2.18. The summed E-state index contributed by atoms with van der Waals surface area (Å²) in [5.74, 6) is -1.39. The number of hydrogen-bond donors (Lipinski definition) is 1. The maximum absolute atomic E-state index is 11.9. The summed E-state index contributed by atoms with van der Waals surface area (Å²) in [6.07, 6.45) is 6.34. The van der Waals surface area contributed by atoms with Gasteiger partial charge in [-0.05, 0) is 55.0 Å². The minimum atomic E-state index is -1.11. The Labute approximate surface area is 114 Å². The second-order valence-electron chi connectivity index (χ2n) is 4.34. The Morgan fingerprint density at radius 1 is 1.11 bits per heavy atom. The first-order chi connectivity index (χ1) is 8.58. The molecule has 0 heterocycles. The number of carbonyl (C=O) groups excluding carboxylic acids is 1. The summed E-state index contributed by atoms with van der Waals surface area (Å²) < 4.78 is 0.739. The van der Waals surface area contributed by atoms with Gasteiger partial charge < -0.3 is 5.11 Å². The first kappa shape index (κ1) is 13.0. The molecule has 0 aromatic heterocycles. The summed E-state index contributed by atoms with van der Waals surface area (Å²) >= 11 is 3.38. The van der Waals surface area contributed by atoms with E-state index in [1.807, 2.05) is 12.1 Å². The topological polar surface area (TPSA) is 54.4 Å². The normalized spacial score (nSPS) is 14.5. The molecule has 0 aliphatic heterocycles. The van der Waals surface area contributed by atoms with Gasteiger partial charge in [0.05, 0.1) is 0 Å². The highest BCUT2D eigenvalue weighted by Crippen LogP contribution is 2.28. The third-order valence-corrected chi connectivity index (χ3v) is 3.73. The van der Waals surface area contributed by atoms with Crippen molar-refractivity contribution in [3.05, 3.63) is 45.4 Å². The number of rotatable bonds is 3. The summed E-state index contributed by atoms with van der Waals surface area (Å²) in [5.41, 5.74) is 3.02. The summed E-state index contributed by atoms with van der Waals surface area (Å²) in [5, 5.41) is 8.52. The molecule has 0 spiro atoms. The molecule has 0 atom stereocenters. The Morgan fingerprint density at radius 2 is 1.72 bits per heavy atom. The molecule has 94 valence electrons. The highest BCUT2D eigenvalue weighted by Gasteiger charge is 2.15. The predicted molar refractivity (Wildman–Crippen MR) is 71.9 cm³/mol. The second-order valence-corrected chi connectivity index (χ2v) is 5.20. The molecule has 0 radical (unpaired) electrons. The number of fused-ring (bicyclic) bond motifs is 1. The second kappa shape index (κ2) is 5.48. The molecule has 3 nitrogen and oxygen atoms in total. The van der Waals surface area contributed by atoms with Gasteiger partial charge in [0.2, 0.25) is 0 Å². The van der Waals surface area contributed by atoms with E-state index in [0.717, 1.165) is 35.9 Å². The van der Waals surface area contributed by atoms with Gasteiger partial charge in [0.1, 0.15) is 0 Å². The maximum atomic E-state index is 11.9. The van der Waals surface area contributed by atoms with Crippen molar-refractivity contribution in [2.24, 2.45) is 0 Å². The van der Waals surface area contributed by atoms with Crippen molar-refractivity contribution in [3.8, 4) is 0 Å². The van der Waals surface area contributed by atoms with E-state index in [4.69, 9.17) is 5.11 Å². The zero-order valence-corrected chi connectivity index (χ0v) is 11.4. The number of benzene rings is 1. The highest BCUT2D eigenvalue weighted by atomic mass is 79.9. The van der Waals surface area contributed by atoms with Crippen molar-refractivity contribution >= 4 is 27.7 Å². The van der Waals surface area contributed by atoms with Crippen molar-refractivity contribution in [3.63, 3.8) is 0 Å². The SMILES string of the molecule is O=C(O)/C=C/C(=O)c1cc2c(cc1Br)CCCC2. The molecule has 0 saturated heterocycles. The van der Waals surface area contributed by atoms with Crippen LogP contribution in [0.25, 0.3) is 0 Å². The van der Waals surface area contributed by atoms with E-state index in [-0.39, 0.29) is 5.78 Å². The van der Waals surface area contributed by atoms with Gasteiger partial charge in [-0.3, -0.25) is 4.79 Å². The molecule has 0 unspecified atom stereocenters. The molecular formula is C14H13BrO3. The molecule has 1 aromatic carbocycles. The van der Waals surface area contributed by atoms with Crippen LogP contribution in [-0.4, -0.2) is 16.9 Å².